The van der Waals surface area contributed by atoms with Crippen LogP contribution >= 0.6 is 0 Å². The van der Waals surface area contributed by atoms with Crippen LogP contribution in [-0.4, -0.2) is 46.9 Å². The summed E-state index contributed by atoms with van der Waals surface area (Å²) in [7, 11) is 0. The molecule has 9 nitrogen and oxygen atoms in total. The Morgan fingerprint density at radius 2 is 1.50 bits per heavy atom. The van der Waals surface area contributed by atoms with Gasteiger partial charge in [0.15, 0.2) is 0 Å². The minimum absolute atomic E-state index is 0.0367. The highest BCUT2D eigenvalue weighted by atomic mass is 16.4. The molecule has 0 aliphatic heterocycles. The summed E-state index contributed by atoms with van der Waals surface area (Å²) in [6, 6.07) is -3.26. The molecule has 0 bridgehead atoms. The third-order valence-corrected chi connectivity index (χ3v) is 2.77. The van der Waals surface area contributed by atoms with Crippen LogP contribution in [0.4, 0.5) is 0 Å². The average Bonchev–Trinajstić information content (AvgIpc) is 2.35. The van der Waals surface area contributed by atoms with Gasteiger partial charge in [-0.25, -0.2) is 4.79 Å². The van der Waals surface area contributed by atoms with Crippen LogP contribution in [0.1, 0.15) is 33.6 Å². The predicted octanol–water partition coefficient (Wildman–Crippen LogP) is -1.69. The first-order valence-corrected chi connectivity index (χ1v) is 6.92. The molecule has 9 heteroatoms. The number of carbonyl (C=O) groups is 4. The van der Waals surface area contributed by atoms with Crippen molar-refractivity contribution in [3.8, 4) is 0 Å². The van der Waals surface area contributed by atoms with Gasteiger partial charge in [-0.2, -0.15) is 0 Å². The third-order valence-electron chi connectivity index (χ3n) is 2.77. The largest absolute Gasteiger partial charge is 0.480 e. The lowest BCUT2D eigenvalue weighted by molar-refractivity contribution is -0.142. The van der Waals surface area contributed by atoms with Crippen LogP contribution in [0.15, 0.2) is 0 Å². The molecule has 0 radical (unpaired) electrons. The number of hydrogen-bond donors (Lipinski definition) is 5. The molecule has 0 aliphatic carbocycles. The SMILES string of the molecule is CC(C)CC(NC(=O)C(CC(N)=O)NC(=O)C(C)N)C(=O)O. The minimum Gasteiger partial charge on any atom is -0.480 e. The fourth-order valence-corrected chi connectivity index (χ4v) is 1.68. The zero-order chi connectivity index (χ0) is 17.4. The van der Waals surface area contributed by atoms with Crippen LogP contribution < -0.4 is 22.1 Å². The van der Waals surface area contributed by atoms with E-state index in [1.54, 1.807) is 13.8 Å². The molecule has 0 spiro atoms. The monoisotopic (exact) mass is 316 g/mol. The Morgan fingerprint density at radius 1 is 1.00 bits per heavy atom. The van der Waals surface area contributed by atoms with Gasteiger partial charge in [0, 0.05) is 0 Å². The van der Waals surface area contributed by atoms with Crippen molar-refractivity contribution in [2.75, 3.05) is 0 Å². The number of carbonyl (C=O) groups excluding carboxylic acids is 3. The topological polar surface area (TPSA) is 165 Å². The van der Waals surface area contributed by atoms with Crippen LogP contribution in [0.5, 0.6) is 0 Å². The molecule has 3 amide bonds. The zero-order valence-electron chi connectivity index (χ0n) is 13.0. The Balaban J connectivity index is 4.96. The van der Waals surface area contributed by atoms with Crippen LogP contribution in [-0.2, 0) is 19.2 Å². The molecular weight excluding hydrogens is 292 g/mol. The summed E-state index contributed by atoms with van der Waals surface area (Å²) in [5.74, 6) is -3.40. The molecule has 0 heterocycles. The Morgan fingerprint density at radius 3 is 1.86 bits per heavy atom. The lowest BCUT2D eigenvalue weighted by Crippen LogP contribution is -2.55. The summed E-state index contributed by atoms with van der Waals surface area (Å²) in [6.07, 6.45) is -0.232. The molecule has 3 atom stereocenters. The van der Waals surface area contributed by atoms with E-state index in [0.29, 0.717) is 0 Å². The predicted molar refractivity (Wildman–Crippen MR) is 78.4 cm³/mol. The first kappa shape index (κ1) is 19.8. The number of aliphatic carboxylic acids is 1. The number of nitrogens with one attached hydrogen (secondary N) is 2. The summed E-state index contributed by atoms with van der Waals surface area (Å²) in [5, 5.41) is 13.7. The van der Waals surface area contributed by atoms with Gasteiger partial charge in [-0.05, 0) is 19.3 Å². The number of carboxylic acid groups (broad SMARTS) is 1. The number of nitrogens with two attached hydrogens (primary N) is 2. The smallest absolute Gasteiger partial charge is 0.326 e. The van der Waals surface area contributed by atoms with Crippen LogP contribution in [0.2, 0.25) is 0 Å². The lowest BCUT2D eigenvalue weighted by Gasteiger charge is -2.22. The van der Waals surface area contributed by atoms with Gasteiger partial charge >= 0.3 is 5.97 Å². The summed E-state index contributed by atoms with van der Waals surface area (Å²) >= 11 is 0. The molecule has 0 rings (SSSR count). The first-order chi connectivity index (χ1) is 10.0. The van der Waals surface area contributed by atoms with Crippen LogP contribution in [0.3, 0.4) is 0 Å². The quantitative estimate of drug-likeness (QED) is 0.340. The summed E-state index contributed by atoms with van der Waals surface area (Å²) in [5.41, 5.74) is 10.4. The number of hydrogen-bond acceptors (Lipinski definition) is 5. The molecule has 3 unspecified atom stereocenters. The molecule has 22 heavy (non-hydrogen) atoms. The van der Waals surface area contributed by atoms with Crippen molar-refractivity contribution in [1.29, 1.82) is 0 Å². The Bertz CT molecular complexity index is 436. The van der Waals surface area contributed by atoms with E-state index in [-0.39, 0.29) is 12.3 Å². The zero-order valence-corrected chi connectivity index (χ0v) is 13.0. The van der Waals surface area contributed by atoms with Gasteiger partial charge in [-0.1, -0.05) is 13.8 Å². The Kier molecular flexibility index (Phi) is 8.10. The van der Waals surface area contributed by atoms with E-state index in [1.165, 1.54) is 6.92 Å². The summed E-state index contributed by atoms with van der Waals surface area (Å²) in [4.78, 5) is 45.8. The fourth-order valence-electron chi connectivity index (χ4n) is 1.68. The molecule has 0 saturated carbocycles. The Hall–Kier alpha value is -2.16. The lowest BCUT2D eigenvalue weighted by atomic mass is 10.0. The molecular formula is C13H24N4O5. The average molecular weight is 316 g/mol. The van der Waals surface area contributed by atoms with E-state index in [0.717, 1.165) is 0 Å². The van der Waals surface area contributed by atoms with Gasteiger partial charge in [-0.3, -0.25) is 14.4 Å². The second-order valence-corrected chi connectivity index (χ2v) is 5.55. The number of rotatable bonds is 9. The van der Waals surface area contributed by atoms with Crippen molar-refractivity contribution in [3.63, 3.8) is 0 Å². The van der Waals surface area contributed by atoms with Crippen molar-refractivity contribution >= 4 is 23.7 Å². The van der Waals surface area contributed by atoms with Crippen molar-refractivity contribution < 1.29 is 24.3 Å². The molecule has 0 fully saturated rings. The van der Waals surface area contributed by atoms with E-state index in [1.807, 2.05) is 0 Å². The fraction of sp³-hybridized carbons (Fsp3) is 0.692. The van der Waals surface area contributed by atoms with Gasteiger partial charge in [0.05, 0.1) is 12.5 Å². The van der Waals surface area contributed by atoms with Gasteiger partial charge < -0.3 is 27.2 Å². The minimum atomic E-state index is -1.26. The highest BCUT2D eigenvalue weighted by Crippen LogP contribution is 2.06. The van der Waals surface area contributed by atoms with Crippen molar-refractivity contribution in [2.24, 2.45) is 17.4 Å². The Labute approximate surface area is 128 Å². The third kappa shape index (κ3) is 7.58. The maximum atomic E-state index is 12.1. The normalized spacial score (nSPS) is 14.8. The molecule has 0 aromatic rings. The van der Waals surface area contributed by atoms with E-state index in [4.69, 9.17) is 16.6 Å². The molecule has 7 N–H and O–H groups in total. The van der Waals surface area contributed by atoms with Crippen LogP contribution in [0.25, 0.3) is 0 Å². The summed E-state index contributed by atoms with van der Waals surface area (Å²) in [6.45, 7) is 5.02. The maximum Gasteiger partial charge on any atom is 0.326 e. The standard InChI is InChI=1S/C13H24N4O5/c1-6(2)4-9(13(21)22)17-12(20)8(5-10(15)18)16-11(19)7(3)14/h6-9H,4-5,14H2,1-3H3,(H2,15,18)(H,16,19)(H,17,20)(H,21,22). The second-order valence-electron chi connectivity index (χ2n) is 5.55. The van der Waals surface area contributed by atoms with E-state index < -0.39 is 48.2 Å². The van der Waals surface area contributed by atoms with E-state index in [9.17, 15) is 19.2 Å². The summed E-state index contributed by atoms with van der Waals surface area (Å²) < 4.78 is 0. The van der Waals surface area contributed by atoms with E-state index in [2.05, 4.69) is 10.6 Å². The van der Waals surface area contributed by atoms with Crippen molar-refractivity contribution in [3.05, 3.63) is 0 Å². The number of carboxylic acids is 1. The highest BCUT2D eigenvalue weighted by molar-refractivity contribution is 5.94. The van der Waals surface area contributed by atoms with Gasteiger partial charge in [-0.15, -0.1) is 0 Å². The second kappa shape index (κ2) is 8.98. The number of primary amides is 1. The molecule has 126 valence electrons. The van der Waals surface area contributed by atoms with Crippen LogP contribution in [0, 0.1) is 5.92 Å². The van der Waals surface area contributed by atoms with Gasteiger partial charge in [0.2, 0.25) is 17.7 Å². The van der Waals surface area contributed by atoms with Crippen molar-refractivity contribution in [2.45, 2.75) is 51.7 Å². The molecule has 0 aliphatic rings. The van der Waals surface area contributed by atoms with E-state index >= 15 is 0 Å². The number of amides is 3. The first-order valence-electron chi connectivity index (χ1n) is 6.92. The highest BCUT2D eigenvalue weighted by Gasteiger charge is 2.28. The molecule has 0 saturated heterocycles. The van der Waals surface area contributed by atoms with Gasteiger partial charge in [0.25, 0.3) is 0 Å². The molecule has 0 aromatic heterocycles. The van der Waals surface area contributed by atoms with Gasteiger partial charge in [0.1, 0.15) is 12.1 Å². The molecule has 0 aromatic carbocycles. The maximum absolute atomic E-state index is 12.1. The van der Waals surface area contributed by atoms with Crippen molar-refractivity contribution in [1.82, 2.24) is 10.6 Å².